The van der Waals surface area contributed by atoms with Crippen LogP contribution in [0.3, 0.4) is 0 Å². The molecule has 1 aliphatic rings. The first-order valence-corrected chi connectivity index (χ1v) is 10.0. The summed E-state index contributed by atoms with van der Waals surface area (Å²) in [6, 6.07) is 11.0. The molecule has 0 fully saturated rings. The predicted octanol–water partition coefficient (Wildman–Crippen LogP) is 3.58. The van der Waals surface area contributed by atoms with E-state index in [2.05, 4.69) is 15.6 Å². The Morgan fingerprint density at radius 1 is 1.19 bits per heavy atom. The number of nitrogens with zero attached hydrogens (tertiary/aromatic N) is 2. The minimum atomic E-state index is -0.431. The highest BCUT2D eigenvalue weighted by Gasteiger charge is 2.24. The van der Waals surface area contributed by atoms with E-state index >= 15 is 0 Å². The van der Waals surface area contributed by atoms with Crippen LogP contribution in [-0.2, 0) is 9.53 Å². The zero-order valence-electron chi connectivity index (χ0n) is 18.2. The first kappa shape index (κ1) is 22.4. The fourth-order valence-electron chi connectivity index (χ4n) is 3.15. The van der Waals surface area contributed by atoms with Crippen molar-refractivity contribution in [1.82, 2.24) is 5.32 Å². The summed E-state index contributed by atoms with van der Waals surface area (Å²) < 4.78 is 20.1. The molecule has 1 heterocycles. The fourth-order valence-corrected chi connectivity index (χ4v) is 3.15. The number of fused-ring (bicyclic) bond motifs is 1. The number of likely N-dealkylation sites (N-methyl/N-ethyl adjacent to an activating group) is 1. The maximum Gasteiger partial charge on any atom is 0.319 e. The van der Waals surface area contributed by atoms with Gasteiger partial charge in [-0.2, -0.15) is 0 Å². The van der Waals surface area contributed by atoms with Crippen LogP contribution in [0.15, 0.2) is 47.5 Å². The van der Waals surface area contributed by atoms with Crippen LogP contribution in [0.1, 0.15) is 31.9 Å². The largest absolute Gasteiger partial charge is 0.374 e. The standard InChI is InChI=1S/C23H27FN4O3/c1-23(2,3)31-12-11-25-22(30)27-15-9-10-19-17(13-15)21(26-14-20(29)28(19)4)16-7-5-6-8-18(16)24/h5-10,13H,11-12,14H2,1-4H3,(H2,25,27,30). The highest BCUT2D eigenvalue weighted by atomic mass is 19.1. The van der Waals surface area contributed by atoms with E-state index in [0.29, 0.717) is 41.4 Å². The topological polar surface area (TPSA) is 83.0 Å². The van der Waals surface area contributed by atoms with E-state index in [4.69, 9.17) is 4.74 Å². The molecule has 0 unspecified atom stereocenters. The number of carbonyl (C=O) groups excluding carboxylic acids is 2. The van der Waals surface area contributed by atoms with Gasteiger partial charge in [0.05, 0.1) is 23.6 Å². The summed E-state index contributed by atoms with van der Waals surface area (Å²) in [6.45, 7) is 6.48. The molecule has 2 aromatic carbocycles. The Bertz CT molecular complexity index is 1010. The number of hydrogen-bond donors (Lipinski definition) is 2. The smallest absolute Gasteiger partial charge is 0.319 e. The van der Waals surface area contributed by atoms with Crippen molar-refractivity contribution in [3.63, 3.8) is 0 Å². The lowest BCUT2D eigenvalue weighted by Crippen LogP contribution is -2.33. The molecule has 31 heavy (non-hydrogen) atoms. The molecule has 0 bridgehead atoms. The van der Waals surface area contributed by atoms with E-state index in [1.165, 1.54) is 11.0 Å². The van der Waals surface area contributed by atoms with E-state index in [9.17, 15) is 14.0 Å². The summed E-state index contributed by atoms with van der Waals surface area (Å²) >= 11 is 0. The van der Waals surface area contributed by atoms with Crippen molar-refractivity contribution in [3.8, 4) is 0 Å². The normalized spacial score (nSPS) is 13.9. The van der Waals surface area contributed by atoms with Crippen molar-refractivity contribution in [2.45, 2.75) is 26.4 Å². The molecule has 0 aromatic heterocycles. The van der Waals surface area contributed by atoms with Crippen LogP contribution in [0.5, 0.6) is 0 Å². The highest BCUT2D eigenvalue weighted by molar-refractivity contribution is 6.20. The summed E-state index contributed by atoms with van der Waals surface area (Å²) in [4.78, 5) is 30.5. The van der Waals surface area contributed by atoms with Crippen molar-refractivity contribution in [2.24, 2.45) is 4.99 Å². The van der Waals surface area contributed by atoms with Crippen molar-refractivity contribution < 1.29 is 18.7 Å². The van der Waals surface area contributed by atoms with Gasteiger partial charge in [0.15, 0.2) is 0 Å². The molecule has 0 radical (unpaired) electrons. The van der Waals surface area contributed by atoms with E-state index in [-0.39, 0.29) is 24.1 Å². The molecule has 7 nitrogen and oxygen atoms in total. The fraction of sp³-hybridized carbons (Fsp3) is 0.348. The Labute approximate surface area is 181 Å². The molecule has 2 aromatic rings. The molecule has 2 N–H and O–H groups in total. The second-order valence-electron chi connectivity index (χ2n) is 8.17. The van der Waals surface area contributed by atoms with Crippen molar-refractivity contribution >= 4 is 29.0 Å². The van der Waals surface area contributed by atoms with E-state index < -0.39 is 5.82 Å². The van der Waals surface area contributed by atoms with Crippen molar-refractivity contribution in [1.29, 1.82) is 0 Å². The number of benzodiazepines with no additional fused rings is 1. The molecular formula is C23H27FN4O3. The molecule has 0 saturated heterocycles. The Kier molecular flexibility index (Phi) is 6.70. The molecule has 3 amide bonds. The number of halogens is 1. The van der Waals surface area contributed by atoms with Gasteiger partial charge in [0.1, 0.15) is 12.4 Å². The minimum absolute atomic E-state index is 0.0914. The van der Waals surface area contributed by atoms with Crippen LogP contribution in [-0.4, -0.2) is 50.0 Å². The van der Waals surface area contributed by atoms with Gasteiger partial charge in [0.25, 0.3) is 0 Å². The molecule has 0 atom stereocenters. The third kappa shape index (κ3) is 5.67. The lowest BCUT2D eigenvalue weighted by molar-refractivity contribution is -0.116. The maximum atomic E-state index is 14.5. The van der Waals surface area contributed by atoms with Crippen LogP contribution >= 0.6 is 0 Å². The Balaban J connectivity index is 1.83. The SMILES string of the molecule is CN1C(=O)CN=C(c2ccccc2F)c2cc(NC(=O)NCCOC(C)(C)C)ccc21. The number of aliphatic imine (C=N–C) groups is 1. The van der Waals surface area contributed by atoms with Crippen LogP contribution in [0.4, 0.5) is 20.6 Å². The van der Waals surface area contributed by atoms with Crippen molar-refractivity contribution in [3.05, 3.63) is 59.4 Å². The number of benzene rings is 2. The van der Waals surface area contributed by atoms with E-state index in [0.717, 1.165) is 0 Å². The second-order valence-corrected chi connectivity index (χ2v) is 8.17. The third-order valence-corrected chi connectivity index (χ3v) is 4.67. The lowest BCUT2D eigenvalue weighted by atomic mass is 9.99. The van der Waals surface area contributed by atoms with Crippen LogP contribution in [0.2, 0.25) is 0 Å². The first-order chi connectivity index (χ1) is 14.7. The van der Waals surface area contributed by atoms with Crippen molar-refractivity contribution in [2.75, 3.05) is 37.0 Å². The maximum absolute atomic E-state index is 14.5. The zero-order valence-corrected chi connectivity index (χ0v) is 18.2. The Hall–Kier alpha value is -3.26. The average Bonchev–Trinajstić information content (AvgIpc) is 2.82. The van der Waals surface area contributed by atoms with Crippen LogP contribution < -0.4 is 15.5 Å². The van der Waals surface area contributed by atoms with E-state index in [1.807, 2.05) is 20.8 Å². The monoisotopic (exact) mass is 426 g/mol. The molecule has 0 saturated carbocycles. The number of amides is 3. The van der Waals surface area contributed by atoms with Gasteiger partial charge in [-0.15, -0.1) is 0 Å². The molecule has 0 aliphatic carbocycles. The number of rotatable bonds is 5. The summed E-state index contributed by atoms with van der Waals surface area (Å²) in [5, 5.41) is 5.50. The third-order valence-electron chi connectivity index (χ3n) is 4.67. The number of carbonyl (C=O) groups is 2. The summed E-state index contributed by atoms with van der Waals surface area (Å²) in [5.74, 6) is -0.635. The number of nitrogens with one attached hydrogen (secondary N) is 2. The first-order valence-electron chi connectivity index (χ1n) is 10.0. The van der Waals surface area contributed by atoms with Gasteiger partial charge < -0.3 is 20.3 Å². The average molecular weight is 426 g/mol. The molecule has 3 rings (SSSR count). The van der Waals surface area contributed by atoms with Crippen LogP contribution in [0, 0.1) is 5.82 Å². The summed E-state index contributed by atoms with van der Waals surface area (Å²) in [6.07, 6.45) is 0. The quantitative estimate of drug-likeness (QED) is 0.717. The molecule has 1 aliphatic heterocycles. The van der Waals surface area contributed by atoms with E-state index in [1.54, 1.807) is 43.4 Å². The predicted molar refractivity (Wildman–Crippen MR) is 119 cm³/mol. The number of hydrogen-bond acceptors (Lipinski definition) is 4. The van der Waals surface area contributed by atoms with Crippen LogP contribution in [0.25, 0.3) is 0 Å². The van der Waals surface area contributed by atoms with Gasteiger partial charge in [-0.05, 0) is 51.1 Å². The van der Waals surface area contributed by atoms with Gasteiger partial charge >= 0.3 is 6.03 Å². The Morgan fingerprint density at radius 2 is 1.94 bits per heavy atom. The number of ether oxygens (including phenoxy) is 1. The minimum Gasteiger partial charge on any atom is -0.374 e. The summed E-state index contributed by atoms with van der Waals surface area (Å²) in [7, 11) is 1.65. The highest BCUT2D eigenvalue weighted by Crippen LogP contribution is 2.29. The zero-order chi connectivity index (χ0) is 22.6. The molecule has 164 valence electrons. The van der Waals surface area contributed by atoms with Gasteiger partial charge in [0, 0.05) is 30.4 Å². The van der Waals surface area contributed by atoms with Gasteiger partial charge in [0.2, 0.25) is 5.91 Å². The van der Waals surface area contributed by atoms with Gasteiger partial charge in [-0.25, -0.2) is 9.18 Å². The summed E-state index contributed by atoms with van der Waals surface area (Å²) in [5.41, 5.74) is 2.04. The molecule has 0 spiro atoms. The lowest BCUT2D eigenvalue weighted by Gasteiger charge is -2.20. The number of anilines is 2. The Morgan fingerprint density at radius 3 is 2.65 bits per heavy atom. The number of urea groups is 1. The van der Waals surface area contributed by atoms with Gasteiger partial charge in [-0.3, -0.25) is 9.79 Å². The molecule has 8 heteroatoms. The second kappa shape index (κ2) is 9.26. The van der Waals surface area contributed by atoms with Gasteiger partial charge in [-0.1, -0.05) is 12.1 Å². The molecular weight excluding hydrogens is 399 g/mol.